The number of alkyl halides is 1. The van der Waals surface area contributed by atoms with Crippen LogP contribution in [0.2, 0.25) is 0 Å². The third-order valence-electron chi connectivity index (χ3n) is 3.56. The molecule has 0 saturated carbocycles. The fourth-order valence-corrected chi connectivity index (χ4v) is 2.20. The van der Waals surface area contributed by atoms with Gasteiger partial charge in [-0.25, -0.2) is 9.18 Å². The molecule has 0 spiro atoms. The first kappa shape index (κ1) is 15.9. The number of rotatable bonds is 5. The minimum absolute atomic E-state index is 0.0402. The highest BCUT2D eigenvalue weighted by Crippen LogP contribution is 2.26. The number of ether oxygens (including phenoxy) is 1. The molecule has 1 aromatic rings. The first-order valence-electron chi connectivity index (χ1n) is 6.76. The van der Waals surface area contributed by atoms with E-state index in [2.05, 4.69) is 0 Å². The lowest BCUT2D eigenvalue weighted by molar-refractivity contribution is -0.150. The molecule has 7 heteroatoms. The lowest BCUT2D eigenvalue weighted by atomic mass is 10.1. The number of halogens is 1. The molecule has 1 N–H and O–H groups in total. The van der Waals surface area contributed by atoms with Crippen molar-refractivity contribution >= 4 is 17.7 Å². The fourth-order valence-electron chi connectivity index (χ4n) is 2.20. The molecule has 1 amide bonds. The Balaban J connectivity index is 1.93. The molecule has 118 valence electrons. The number of carboxylic acid groups (broad SMARTS) is 1. The van der Waals surface area contributed by atoms with Crippen LogP contribution >= 0.6 is 0 Å². The zero-order valence-electron chi connectivity index (χ0n) is 12.0. The van der Waals surface area contributed by atoms with Crippen molar-refractivity contribution in [3.05, 3.63) is 29.8 Å². The Hall–Kier alpha value is -2.44. The highest BCUT2D eigenvalue weighted by molar-refractivity contribution is 5.94. The van der Waals surface area contributed by atoms with E-state index in [1.54, 1.807) is 18.2 Å². The number of hydrogen-bond donors (Lipinski definition) is 1. The van der Waals surface area contributed by atoms with Crippen molar-refractivity contribution in [2.45, 2.75) is 19.0 Å². The van der Waals surface area contributed by atoms with Gasteiger partial charge in [-0.1, -0.05) is 12.1 Å². The molecular weight excluding hydrogens is 293 g/mol. The second-order valence-electron chi connectivity index (χ2n) is 5.21. The van der Waals surface area contributed by atoms with Crippen molar-refractivity contribution in [1.82, 2.24) is 4.90 Å². The van der Waals surface area contributed by atoms with Gasteiger partial charge in [0.2, 0.25) is 5.67 Å². The molecule has 0 bridgehead atoms. The number of carbonyl (C=O) groups is 3. The summed E-state index contributed by atoms with van der Waals surface area (Å²) in [5.41, 5.74) is -1.93. The Kier molecular flexibility index (Phi) is 4.44. The summed E-state index contributed by atoms with van der Waals surface area (Å²) in [6.07, 6.45) is -0.228. The van der Waals surface area contributed by atoms with Gasteiger partial charge >= 0.3 is 5.97 Å². The molecule has 1 aliphatic heterocycles. The van der Waals surface area contributed by atoms with E-state index in [-0.39, 0.29) is 25.4 Å². The normalized spacial score (nSPS) is 20.7. The number of likely N-dealkylation sites (tertiary alicyclic amines) is 1. The van der Waals surface area contributed by atoms with Crippen molar-refractivity contribution in [3.8, 4) is 5.75 Å². The minimum atomic E-state index is -2.38. The maximum absolute atomic E-state index is 13.9. The predicted octanol–water partition coefficient (Wildman–Crippen LogP) is 1.29. The molecule has 1 atom stereocenters. The Morgan fingerprint density at radius 2 is 2.14 bits per heavy atom. The van der Waals surface area contributed by atoms with Crippen LogP contribution in [0.3, 0.4) is 0 Å². The average Bonchev–Trinajstić information content (AvgIpc) is 2.89. The third-order valence-corrected chi connectivity index (χ3v) is 3.56. The molecule has 1 fully saturated rings. The van der Waals surface area contributed by atoms with Crippen LogP contribution in [0, 0.1) is 0 Å². The van der Waals surface area contributed by atoms with E-state index in [4.69, 9.17) is 9.84 Å². The van der Waals surface area contributed by atoms with Crippen LogP contribution < -0.4 is 4.74 Å². The van der Waals surface area contributed by atoms with Crippen molar-refractivity contribution < 1.29 is 28.6 Å². The number of hydrogen-bond acceptors (Lipinski definition) is 4. The molecule has 1 unspecified atom stereocenters. The van der Waals surface area contributed by atoms with E-state index < -0.39 is 24.1 Å². The van der Waals surface area contributed by atoms with Crippen molar-refractivity contribution in [2.24, 2.45) is 0 Å². The predicted molar refractivity (Wildman–Crippen MR) is 74.6 cm³/mol. The highest BCUT2D eigenvalue weighted by atomic mass is 19.1. The lowest BCUT2D eigenvalue weighted by Gasteiger charge is -2.18. The number of Topliss-reactive ketones (excluding diaryl/α,β-unsaturated/α-hetero) is 1. The summed E-state index contributed by atoms with van der Waals surface area (Å²) >= 11 is 0. The van der Waals surface area contributed by atoms with Crippen LogP contribution in [0.25, 0.3) is 0 Å². The van der Waals surface area contributed by atoms with Gasteiger partial charge < -0.3 is 14.7 Å². The number of carboxylic acids is 1. The fraction of sp³-hybridized carbons (Fsp3) is 0.400. The Morgan fingerprint density at radius 1 is 1.41 bits per heavy atom. The maximum atomic E-state index is 13.9. The summed E-state index contributed by atoms with van der Waals surface area (Å²) in [6, 6.07) is 6.36. The van der Waals surface area contributed by atoms with Gasteiger partial charge in [0.15, 0.2) is 12.4 Å². The number of amides is 1. The molecule has 2 rings (SSSR count). The van der Waals surface area contributed by atoms with Crippen molar-refractivity contribution in [1.29, 1.82) is 0 Å². The number of benzene rings is 1. The van der Waals surface area contributed by atoms with E-state index in [1.807, 2.05) is 0 Å². The zero-order chi connectivity index (χ0) is 16.3. The van der Waals surface area contributed by atoms with Gasteiger partial charge in [-0.05, 0) is 19.1 Å². The first-order chi connectivity index (χ1) is 10.3. The Bertz CT molecular complexity index is 618. The summed E-state index contributed by atoms with van der Waals surface area (Å²) in [5, 5.41) is 8.79. The number of nitrogens with zero attached hydrogens (tertiary/aromatic N) is 1. The molecule has 6 nitrogen and oxygen atoms in total. The van der Waals surface area contributed by atoms with E-state index >= 15 is 0 Å². The number of aliphatic carboxylic acids is 1. The van der Waals surface area contributed by atoms with E-state index in [9.17, 15) is 18.8 Å². The second-order valence-corrected chi connectivity index (χ2v) is 5.21. The van der Waals surface area contributed by atoms with E-state index in [0.717, 1.165) is 4.90 Å². The standard InChI is InChI=1S/C15H16FNO5/c1-10(18)11-3-2-4-12(7-11)22-8-13(19)17-6-5-15(16,9-17)14(20)21/h2-4,7H,5-6,8-9H2,1H3,(H,20,21). The Labute approximate surface area is 126 Å². The highest BCUT2D eigenvalue weighted by Gasteiger charge is 2.46. The summed E-state index contributed by atoms with van der Waals surface area (Å²) in [6.45, 7) is 0.648. The van der Waals surface area contributed by atoms with Gasteiger partial charge in [-0.3, -0.25) is 9.59 Å². The Morgan fingerprint density at radius 3 is 2.73 bits per heavy atom. The monoisotopic (exact) mass is 309 g/mol. The van der Waals surface area contributed by atoms with Gasteiger partial charge in [0.1, 0.15) is 5.75 Å². The average molecular weight is 309 g/mol. The lowest BCUT2D eigenvalue weighted by Crippen LogP contribution is -2.40. The van der Waals surface area contributed by atoms with Gasteiger partial charge in [0.25, 0.3) is 5.91 Å². The van der Waals surface area contributed by atoms with Crippen LogP contribution in [0.5, 0.6) is 5.75 Å². The molecule has 1 heterocycles. The van der Waals surface area contributed by atoms with Crippen LogP contribution in [0.1, 0.15) is 23.7 Å². The zero-order valence-corrected chi connectivity index (χ0v) is 12.0. The van der Waals surface area contributed by atoms with Gasteiger partial charge in [0, 0.05) is 18.5 Å². The SMILES string of the molecule is CC(=O)c1cccc(OCC(=O)N2CCC(F)(C(=O)O)C2)c1. The smallest absolute Gasteiger partial charge is 0.343 e. The summed E-state index contributed by atoms with van der Waals surface area (Å²) in [4.78, 5) is 35.1. The molecule has 1 saturated heterocycles. The van der Waals surface area contributed by atoms with Gasteiger partial charge in [-0.2, -0.15) is 0 Å². The quantitative estimate of drug-likeness (QED) is 0.829. The van der Waals surface area contributed by atoms with E-state index in [0.29, 0.717) is 11.3 Å². The van der Waals surface area contributed by atoms with Crippen molar-refractivity contribution in [3.63, 3.8) is 0 Å². The van der Waals surface area contributed by atoms with Gasteiger partial charge in [-0.15, -0.1) is 0 Å². The second kappa shape index (κ2) is 6.13. The van der Waals surface area contributed by atoms with Crippen LogP contribution in [-0.2, 0) is 9.59 Å². The van der Waals surface area contributed by atoms with Gasteiger partial charge in [0.05, 0.1) is 6.54 Å². The molecule has 0 aromatic heterocycles. The molecule has 0 radical (unpaired) electrons. The molecule has 1 aliphatic rings. The molecule has 1 aromatic carbocycles. The largest absolute Gasteiger partial charge is 0.484 e. The number of carbonyl (C=O) groups excluding carboxylic acids is 2. The first-order valence-corrected chi connectivity index (χ1v) is 6.76. The minimum Gasteiger partial charge on any atom is -0.484 e. The van der Waals surface area contributed by atoms with Crippen LogP contribution in [0.15, 0.2) is 24.3 Å². The van der Waals surface area contributed by atoms with E-state index in [1.165, 1.54) is 13.0 Å². The van der Waals surface area contributed by atoms with Crippen LogP contribution in [0.4, 0.5) is 4.39 Å². The summed E-state index contributed by atoms with van der Waals surface area (Å²) < 4.78 is 19.2. The number of ketones is 1. The molecule has 0 aliphatic carbocycles. The third kappa shape index (κ3) is 3.41. The summed E-state index contributed by atoms with van der Waals surface area (Å²) in [7, 11) is 0. The molecule has 22 heavy (non-hydrogen) atoms. The van der Waals surface area contributed by atoms with Crippen molar-refractivity contribution in [2.75, 3.05) is 19.7 Å². The molecular formula is C15H16FNO5. The summed E-state index contributed by atoms with van der Waals surface area (Å²) in [5.74, 6) is -1.82. The van der Waals surface area contributed by atoms with Crippen LogP contribution in [-0.4, -0.2) is 53.0 Å². The maximum Gasteiger partial charge on any atom is 0.343 e. The topological polar surface area (TPSA) is 83.9 Å².